The molecule has 0 radical (unpaired) electrons. The van der Waals surface area contributed by atoms with Crippen LogP contribution in [0.15, 0.2) is 18.2 Å². The zero-order chi connectivity index (χ0) is 13.9. The van der Waals surface area contributed by atoms with Gasteiger partial charge in [-0.25, -0.2) is 0 Å². The number of fused-ring (bicyclic) bond motifs is 1. The number of aromatic hydroxyl groups is 1. The van der Waals surface area contributed by atoms with Crippen LogP contribution in [0, 0.1) is 0 Å². The van der Waals surface area contributed by atoms with E-state index in [0.717, 1.165) is 37.9 Å². The summed E-state index contributed by atoms with van der Waals surface area (Å²) in [5, 5.41) is 13.0. The summed E-state index contributed by atoms with van der Waals surface area (Å²) < 4.78 is 0. The van der Waals surface area contributed by atoms with E-state index >= 15 is 0 Å². The number of phenolic OH excluding ortho intramolecular Hbond substituents is 1. The van der Waals surface area contributed by atoms with Crippen LogP contribution in [0.25, 0.3) is 0 Å². The number of hydrogen-bond acceptors (Lipinski definition) is 3. The number of carbonyl (C=O) groups is 1. The van der Waals surface area contributed by atoms with Crippen molar-refractivity contribution in [1.29, 1.82) is 0 Å². The molecule has 1 amide bonds. The second-order valence-electron chi connectivity index (χ2n) is 5.82. The Kier molecular flexibility index (Phi) is 3.92. The molecule has 0 aliphatic carbocycles. The Labute approximate surface area is 119 Å². The summed E-state index contributed by atoms with van der Waals surface area (Å²) in [5.41, 5.74) is 2.33. The van der Waals surface area contributed by atoms with Crippen molar-refractivity contribution in [3.63, 3.8) is 0 Å². The lowest BCUT2D eigenvalue weighted by atomic mass is 9.98. The number of nitrogens with one attached hydrogen (secondary N) is 1. The molecule has 1 fully saturated rings. The second-order valence-corrected chi connectivity index (χ2v) is 5.82. The Bertz CT molecular complexity index is 493. The Morgan fingerprint density at radius 3 is 3.05 bits per heavy atom. The van der Waals surface area contributed by atoms with Crippen LogP contribution in [0.3, 0.4) is 0 Å². The summed E-state index contributed by atoms with van der Waals surface area (Å²) in [6.45, 7) is 2.36. The number of rotatable bonds is 1. The molecule has 2 aliphatic heterocycles. The average molecular weight is 274 g/mol. The quantitative estimate of drug-likeness (QED) is 0.821. The van der Waals surface area contributed by atoms with E-state index in [1.165, 1.54) is 18.4 Å². The summed E-state index contributed by atoms with van der Waals surface area (Å²) in [7, 11) is 0. The first-order chi connectivity index (χ1) is 9.74. The predicted molar refractivity (Wildman–Crippen MR) is 77.5 cm³/mol. The molecule has 0 spiro atoms. The van der Waals surface area contributed by atoms with Crippen LogP contribution in [0.2, 0.25) is 0 Å². The maximum absolute atomic E-state index is 12.6. The standard InChI is InChI=1S/C16H22N2O2/c19-14-6-5-12-7-9-18(11-13(12)10-14)16(20)15-4-2-1-3-8-17-15/h5-6,10,15,17,19H,1-4,7-9,11H2. The van der Waals surface area contributed by atoms with E-state index < -0.39 is 0 Å². The van der Waals surface area contributed by atoms with Crippen LogP contribution < -0.4 is 5.32 Å². The van der Waals surface area contributed by atoms with Crippen molar-refractivity contribution in [1.82, 2.24) is 10.2 Å². The molecule has 1 saturated heterocycles. The zero-order valence-electron chi connectivity index (χ0n) is 11.8. The smallest absolute Gasteiger partial charge is 0.240 e. The normalized spacial score (nSPS) is 23.0. The lowest BCUT2D eigenvalue weighted by molar-refractivity contribution is -0.134. The minimum atomic E-state index is -0.0173. The van der Waals surface area contributed by atoms with Crippen molar-refractivity contribution in [3.05, 3.63) is 29.3 Å². The van der Waals surface area contributed by atoms with Gasteiger partial charge in [-0.15, -0.1) is 0 Å². The summed E-state index contributed by atoms with van der Waals surface area (Å²) in [6, 6.07) is 5.46. The van der Waals surface area contributed by atoms with Crippen molar-refractivity contribution in [2.75, 3.05) is 13.1 Å². The lowest BCUT2D eigenvalue weighted by Gasteiger charge is -2.32. The molecule has 1 aromatic carbocycles. The Morgan fingerprint density at radius 1 is 1.25 bits per heavy atom. The number of hydrogen-bond donors (Lipinski definition) is 2. The van der Waals surface area contributed by atoms with Gasteiger partial charge in [0.1, 0.15) is 5.75 Å². The summed E-state index contributed by atoms with van der Waals surface area (Å²) in [6.07, 6.45) is 5.35. The van der Waals surface area contributed by atoms with E-state index in [0.29, 0.717) is 6.54 Å². The minimum Gasteiger partial charge on any atom is -0.508 e. The highest BCUT2D eigenvalue weighted by Crippen LogP contribution is 2.24. The molecule has 2 heterocycles. The third-order valence-corrected chi connectivity index (χ3v) is 4.37. The molecular formula is C16H22N2O2. The van der Waals surface area contributed by atoms with Crippen molar-refractivity contribution in [2.24, 2.45) is 0 Å². The number of nitrogens with zero attached hydrogens (tertiary/aromatic N) is 1. The van der Waals surface area contributed by atoms with Gasteiger partial charge in [0, 0.05) is 13.1 Å². The van der Waals surface area contributed by atoms with Crippen LogP contribution in [-0.4, -0.2) is 35.0 Å². The van der Waals surface area contributed by atoms with Gasteiger partial charge in [0.2, 0.25) is 5.91 Å². The number of phenols is 1. The van der Waals surface area contributed by atoms with Crippen LogP contribution in [0.4, 0.5) is 0 Å². The Balaban J connectivity index is 1.70. The molecule has 4 heteroatoms. The van der Waals surface area contributed by atoms with E-state index in [4.69, 9.17) is 0 Å². The highest BCUT2D eigenvalue weighted by Gasteiger charge is 2.27. The van der Waals surface area contributed by atoms with Crippen molar-refractivity contribution in [3.8, 4) is 5.75 Å². The second kappa shape index (κ2) is 5.83. The van der Waals surface area contributed by atoms with Gasteiger partial charge >= 0.3 is 0 Å². The van der Waals surface area contributed by atoms with Gasteiger partial charge in [0.15, 0.2) is 0 Å². The monoisotopic (exact) mass is 274 g/mol. The molecule has 20 heavy (non-hydrogen) atoms. The van der Waals surface area contributed by atoms with Gasteiger partial charge in [-0.2, -0.15) is 0 Å². The van der Waals surface area contributed by atoms with Crippen molar-refractivity contribution >= 4 is 5.91 Å². The zero-order valence-corrected chi connectivity index (χ0v) is 11.8. The topological polar surface area (TPSA) is 52.6 Å². The van der Waals surface area contributed by atoms with Crippen LogP contribution in [0.5, 0.6) is 5.75 Å². The van der Waals surface area contributed by atoms with Crippen LogP contribution in [-0.2, 0) is 17.8 Å². The van der Waals surface area contributed by atoms with Crippen molar-refractivity contribution in [2.45, 2.75) is 44.7 Å². The molecule has 1 aromatic rings. The highest BCUT2D eigenvalue weighted by atomic mass is 16.3. The highest BCUT2D eigenvalue weighted by molar-refractivity contribution is 5.82. The van der Waals surface area contributed by atoms with Gasteiger partial charge < -0.3 is 15.3 Å². The van der Waals surface area contributed by atoms with E-state index in [1.807, 2.05) is 11.0 Å². The van der Waals surface area contributed by atoms with E-state index in [2.05, 4.69) is 5.32 Å². The molecule has 3 rings (SSSR count). The fourth-order valence-corrected chi connectivity index (χ4v) is 3.19. The Morgan fingerprint density at radius 2 is 2.15 bits per heavy atom. The first-order valence-corrected chi connectivity index (χ1v) is 7.57. The summed E-state index contributed by atoms with van der Waals surface area (Å²) in [5.74, 6) is 0.506. The van der Waals surface area contributed by atoms with Gasteiger partial charge in [-0.05, 0) is 49.1 Å². The SMILES string of the molecule is O=C(C1CCCCCN1)N1CCc2ccc(O)cc2C1. The largest absolute Gasteiger partial charge is 0.508 e. The van der Waals surface area contributed by atoms with E-state index in [9.17, 15) is 9.90 Å². The fraction of sp³-hybridized carbons (Fsp3) is 0.562. The first kappa shape index (κ1) is 13.4. The molecule has 0 saturated carbocycles. The van der Waals surface area contributed by atoms with Crippen LogP contribution in [0.1, 0.15) is 36.8 Å². The molecule has 0 aromatic heterocycles. The fourth-order valence-electron chi connectivity index (χ4n) is 3.19. The molecule has 108 valence electrons. The average Bonchev–Trinajstić information content (AvgIpc) is 2.74. The van der Waals surface area contributed by atoms with Crippen molar-refractivity contribution < 1.29 is 9.90 Å². The maximum Gasteiger partial charge on any atom is 0.240 e. The van der Waals surface area contributed by atoms with Crippen LogP contribution >= 0.6 is 0 Å². The molecule has 2 aliphatic rings. The molecule has 1 atom stereocenters. The van der Waals surface area contributed by atoms with Gasteiger partial charge in [-0.3, -0.25) is 4.79 Å². The van der Waals surface area contributed by atoms with Gasteiger partial charge in [0.25, 0.3) is 0 Å². The molecule has 2 N–H and O–H groups in total. The number of amides is 1. The lowest BCUT2D eigenvalue weighted by Crippen LogP contribution is -2.47. The first-order valence-electron chi connectivity index (χ1n) is 7.57. The van der Waals surface area contributed by atoms with Gasteiger partial charge in [0.05, 0.1) is 6.04 Å². The molecular weight excluding hydrogens is 252 g/mol. The minimum absolute atomic E-state index is 0.0173. The summed E-state index contributed by atoms with van der Waals surface area (Å²) in [4.78, 5) is 14.5. The van der Waals surface area contributed by atoms with Gasteiger partial charge in [-0.1, -0.05) is 18.9 Å². The number of benzene rings is 1. The number of carbonyl (C=O) groups excluding carboxylic acids is 1. The molecule has 0 bridgehead atoms. The summed E-state index contributed by atoms with van der Waals surface area (Å²) >= 11 is 0. The molecule has 1 unspecified atom stereocenters. The predicted octanol–water partition coefficient (Wildman–Crippen LogP) is 1.81. The third kappa shape index (κ3) is 2.80. The van der Waals surface area contributed by atoms with E-state index in [1.54, 1.807) is 12.1 Å². The third-order valence-electron chi connectivity index (χ3n) is 4.37. The Hall–Kier alpha value is -1.55. The van der Waals surface area contributed by atoms with E-state index in [-0.39, 0.29) is 17.7 Å². The maximum atomic E-state index is 12.6. The molecule has 4 nitrogen and oxygen atoms in total.